The van der Waals surface area contributed by atoms with E-state index in [0.717, 1.165) is 12.0 Å². The molecule has 0 aliphatic heterocycles. The Morgan fingerprint density at radius 2 is 1.54 bits per heavy atom. The number of halogens is 1. The minimum Gasteiger partial charge on any atom is -0.331 e. The van der Waals surface area contributed by atoms with Crippen LogP contribution in [-0.4, -0.2) is 29.3 Å². The average molecular weight is 404 g/mol. The van der Waals surface area contributed by atoms with E-state index < -0.39 is 18.0 Å². The summed E-state index contributed by atoms with van der Waals surface area (Å²) in [5.74, 6) is -0.738. The SMILES string of the molecule is CCCN(C(=O)C(C)C(N)c1ccccc1)C(C)C(=O)Nc1ccccc1.Cl. The molecule has 3 N–H and O–H groups in total. The monoisotopic (exact) mass is 403 g/mol. The first-order chi connectivity index (χ1) is 13.0. The number of benzene rings is 2. The van der Waals surface area contributed by atoms with Gasteiger partial charge in [0.25, 0.3) is 0 Å². The molecule has 0 fully saturated rings. The molecule has 2 amide bonds. The third-order valence-electron chi connectivity index (χ3n) is 4.75. The maximum absolute atomic E-state index is 13.1. The molecule has 28 heavy (non-hydrogen) atoms. The standard InChI is InChI=1S/C22H29N3O2.ClH/c1-4-15-25(17(3)21(26)24-19-13-9-6-10-14-19)22(27)16(2)20(23)18-11-7-5-8-12-18;/h5-14,16-17,20H,4,15,23H2,1-3H3,(H,24,26);1H. The molecule has 0 heterocycles. The van der Waals surface area contributed by atoms with Crippen molar-refractivity contribution in [3.05, 3.63) is 66.2 Å². The lowest BCUT2D eigenvalue weighted by Crippen LogP contribution is -2.49. The molecule has 0 saturated heterocycles. The smallest absolute Gasteiger partial charge is 0.246 e. The van der Waals surface area contributed by atoms with Crippen LogP contribution in [-0.2, 0) is 9.59 Å². The summed E-state index contributed by atoms with van der Waals surface area (Å²) in [5, 5.41) is 2.87. The van der Waals surface area contributed by atoms with Gasteiger partial charge in [0.2, 0.25) is 11.8 Å². The van der Waals surface area contributed by atoms with Crippen molar-refractivity contribution in [1.82, 2.24) is 4.90 Å². The van der Waals surface area contributed by atoms with E-state index in [9.17, 15) is 9.59 Å². The summed E-state index contributed by atoms with van der Waals surface area (Å²) < 4.78 is 0. The quantitative estimate of drug-likeness (QED) is 0.699. The molecule has 0 radical (unpaired) electrons. The van der Waals surface area contributed by atoms with E-state index in [1.165, 1.54) is 0 Å². The molecule has 2 aromatic carbocycles. The maximum Gasteiger partial charge on any atom is 0.246 e. The second-order valence-electron chi connectivity index (χ2n) is 6.79. The Hall–Kier alpha value is -2.37. The summed E-state index contributed by atoms with van der Waals surface area (Å²) in [6.45, 7) is 6.08. The van der Waals surface area contributed by atoms with Gasteiger partial charge in [-0.25, -0.2) is 0 Å². The molecule has 0 bridgehead atoms. The number of rotatable bonds is 8. The van der Waals surface area contributed by atoms with Gasteiger partial charge in [0.05, 0.1) is 5.92 Å². The zero-order valence-corrected chi connectivity index (χ0v) is 17.5. The van der Waals surface area contributed by atoms with Crippen molar-refractivity contribution in [3.8, 4) is 0 Å². The minimum atomic E-state index is -0.580. The number of para-hydroxylation sites is 1. The van der Waals surface area contributed by atoms with Crippen LogP contribution in [0.15, 0.2) is 60.7 Å². The summed E-state index contributed by atoms with van der Waals surface area (Å²) in [7, 11) is 0. The van der Waals surface area contributed by atoms with E-state index in [2.05, 4.69) is 5.32 Å². The van der Waals surface area contributed by atoms with Gasteiger partial charge in [-0.3, -0.25) is 9.59 Å². The number of nitrogens with one attached hydrogen (secondary N) is 1. The van der Waals surface area contributed by atoms with Gasteiger partial charge in [-0.2, -0.15) is 0 Å². The van der Waals surface area contributed by atoms with Crippen molar-refractivity contribution in [3.63, 3.8) is 0 Å². The van der Waals surface area contributed by atoms with Crippen LogP contribution in [0.1, 0.15) is 38.8 Å². The summed E-state index contributed by atoms with van der Waals surface area (Å²) in [6.07, 6.45) is 0.766. The van der Waals surface area contributed by atoms with Gasteiger partial charge in [-0.15, -0.1) is 12.4 Å². The van der Waals surface area contributed by atoms with Crippen LogP contribution >= 0.6 is 12.4 Å². The van der Waals surface area contributed by atoms with Gasteiger partial charge < -0.3 is 16.0 Å². The molecule has 0 aliphatic rings. The number of carbonyl (C=O) groups excluding carboxylic acids is 2. The van der Waals surface area contributed by atoms with Crippen molar-refractivity contribution in [2.24, 2.45) is 11.7 Å². The van der Waals surface area contributed by atoms with Gasteiger partial charge in [0.15, 0.2) is 0 Å². The highest BCUT2D eigenvalue weighted by Gasteiger charge is 2.31. The predicted molar refractivity (Wildman–Crippen MR) is 116 cm³/mol. The van der Waals surface area contributed by atoms with E-state index >= 15 is 0 Å². The molecule has 152 valence electrons. The lowest BCUT2D eigenvalue weighted by molar-refractivity contribution is -0.141. The molecule has 5 nitrogen and oxygen atoms in total. The van der Waals surface area contributed by atoms with Gasteiger partial charge in [0, 0.05) is 18.3 Å². The Morgan fingerprint density at radius 3 is 2.07 bits per heavy atom. The van der Waals surface area contributed by atoms with Crippen molar-refractivity contribution in [1.29, 1.82) is 0 Å². The number of anilines is 1. The third kappa shape index (κ3) is 6.08. The number of carbonyl (C=O) groups is 2. The van der Waals surface area contributed by atoms with Crippen LogP contribution in [0.4, 0.5) is 5.69 Å². The lowest BCUT2D eigenvalue weighted by atomic mass is 9.93. The first-order valence-electron chi connectivity index (χ1n) is 9.42. The molecule has 0 aliphatic carbocycles. The van der Waals surface area contributed by atoms with Gasteiger partial charge in [-0.05, 0) is 31.0 Å². The van der Waals surface area contributed by atoms with Crippen LogP contribution in [0.5, 0.6) is 0 Å². The number of nitrogens with two attached hydrogens (primary N) is 1. The number of amides is 2. The van der Waals surface area contributed by atoms with Gasteiger partial charge in [-0.1, -0.05) is 62.4 Å². The molecule has 0 saturated carbocycles. The predicted octanol–water partition coefficient (Wildman–Crippen LogP) is 4.01. The van der Waals surface area contributed by atoms with Crippen LogP contribution in [0.25, 0.3) is 0 Å². The van der Waals surface area contributed by atoms with Crippen molar-refractivity contribution < 1.29 is 9.59 Å². The zero-order valence-electron chi connectivity index (χ0n) is 16.7. The van der Waals surface area contributed by atoms with E-state index in [0.29, 0.717) is 12.2 Å². The Morgan fingerprint density at radius 1 is 1.00 bits per heavy atom. The highest BCUT2D eigenvalue weighted by Crippen LogP contribution is 2.22. The fourth-order valence-electron chi connectivity index (χ4n) is 3.02. The van der Waals surface area contributed by atoms with Crippen LogP contribution in [0.2, 0.25) is 0 Å². The molecule has 2 aromatic rings. The second-order valence-corrected chi connectivity index (χ2v) is 6.79. The van der Waals surface area contributed by atoms with Gasteiger partial charge >= 0.3 is 0 Å². The highest BCUT2D eigenvalue weighted by molar-refractivity contribution is 5.97. The highest BCUT2D eigenvalue weighted by atomic mass is 35.5. The molecule has 2 rings (SSSR count). The Balaban J connectivity index is 0.00000392. The van der Waals surface area contributed by atoms with E-state index in [1.54, 1.807) is 11.8 Å². The summed E-state index contributed by atoms with van der Waals surface area (Å²) in [6, 6.07) is 17.8. The molecular formula is C22H30ClN3O2. The number of hydrogen-bond acceptors (Lipinski definition) is 3. The number of nitrogens with zero attached hydrogens (tertiary/aromatic N) is 1. The van der Waals surface area contributed by atoms with Crippen molar-refractivity contribution >= 4 is 29.9 Å². The van der Waals surface area contributed by atoms with E-state index in [-0.39, 0.29) is 24.2 Å². The molecule has 3 unspecified atom stereocenters. The third-order valence-corrected chi connectivity index (χ3v) is 4.75. The summed E-state index contributed by atoms with van der Waals surface area (Å²) in [4.78, 5) is 27.4. The normalized spacial score (nSPS) is 13.6. The molecule has 0 spiro atoms. The topological polar surface area (TPSA) is 75.4 Å². The molecule has 3 atom stereocenters. The van der Waals surface area contributed by atoms with E-state index in [1.807, 2.05) is 74.5 Å². The second kappa shape index (κ2) is 11.5. The Labute approximate surface area is 173 Å². The molecular weight excluding hydrogens is 374 g/mol. The van der Waals surface area contributed by atoms with Crippen LogP contribution < -0.4 is 11.1 Å². The molecule has 0 aromatic heterocycles. The largest absolute Gasteiger partial charge is 0.331 e. The maximum atomic E-state index is 13.1. The number of hydrogen-bond donors (Lipinski definition) is 2. The first-order valence-corrected chi connectivity index (χ1v) is 9.42. The summed E-state index contributed by atoms with van der Waals surface area (Å²) >= 11 is 0. The summed E-state index contributed by atoms with van der Waals surface area (Å²) in [5.41, 5.74) is 7.95. The Kier molecular flexibility index (Phi) is 9.69. The first kappa shape index (κ1) is 23.7. The zero-order chi connectivity index (χ0) is 19.8. The molecule has 6 heteroatoms. The van der Waals surface area contributed by atoms with Crippen molar-refractivity contribution in [2.45, 2.75) is 39.3 Å². The fraction of sp³-hybridized carbons (Fsp3) is 0.364. The fourth-order valence-corrected chi connectivity index (χ4v) is 3.02. The van der Waals surface area contributed by atoms with Crippen LogP contribution in [0.3, 0.4) is 0 Å². The lowest BCUT2D eigenvalue weighted by Gasteiger charge is -2.32. The average Bonchev–Trinajstić information content (AvgIpc) is 2.71. The van der Waals surface area contributed by atoms with Gasteiger partial charge in [0.1, 0.15) is 6.04 Å². The van der Waals surface area contributed by atoms with E-state index in [4.69, 9.17) is 5.73 Å². The minimum absolute atomic E-state index is 0. The Bertz CT molecular complexity index is 740. The van der Waals surface area contributed by atoms with Crippen molar-refractivity contribution in [2.75, 3.05) is 11.9 Å². The van der Waals surface area contributed by atoms with Crippen LogP contribution in [0, 0.1) is 5.92 Å².